The van der Waals surface area contributed by atoms with Crippen LogP contribution in [0.3, 0.4) is 0 Å². The Morgan fingerprint density at radius 3 is 2.50 bits per heavy atom. The van der Waals surface area contributed by atoms with Crippen LogP contribution in [0, 0.1) is 0 Å². The van der Waals surface area contributed by atoms with E-state index < -0.39 is 0 Å². The van der Waals surface area contributed by atoms with Crippen molar-refractivity contribution in [2.45, 2.75) is 51.6 Å². The highest BCUT2D eigenvalue weighted by Crippen LogP contribution is 2.19. The van der Waals surface area contributed by atoms with Gasteiger partial charge in [0.15, 0.2) is 5.11 Å². The highest BCUT2D eigenvalue weighted by Gasteiger charge is 2.24. The summed E-state index contributed by atoms with van der Waals surface area (Å²) in [6.07, 6.45) is 4.79. The molecular formula is C16H25N3S. The number of benzene rings is 1. The number of hydrogen-bond donors (Lipinski definition) is 2. The number of nitrogens with one attached hydrogen (secondary N) is 2. The quantitative estimate of drug-likeness (QED) is 0.834. The standard InChI is InChI=1S/C16H25N3S/c1-13-7-6-8-14(2)19(13)18-16(20)17-12-11-15-9-4-3-5-10-15/h3-5,9-10,13-14H,6-8,11-12H2,1-2H3,(H2,17,18,20)/t13-,14-/m1/s1. The minimum Gasteiger partial charge on any atom is -0.361 e. The Balaban J connectivity index is 1.72. The molecule has 1 aromatic carbocycles. The minimum atomic E-state index is 0.549. The van der Waals surface area contributed by atoms with Crippen LogP contribution in [-0.2, 0) is 6.42 Å². The third-order valence-corrected chi connectivity index (χ3v) is 4.20. The van der Waals surface area contributed by atoms with Crippen molar-refractivity contribution in [2.24, 2.45) is 0 Å². The van der Waals surface area contributed by atoms with Crippen LogP contribution >= 0.6 is 12.2 Å². The van der Waals surface area contributed by atoms with E-state index >= 15 is 0 Å². The summed E-state index contributed by atoms with van der Waals surface area (Å²) in [6.45, 7) is 5.39. The molecule has 1 saturated heterocycles. The summed E-state index contributed by atoms with van der Waals surface area (Å²) in [4.78, 5) is 0. The number of hydrazine groups is 1. The molecule has 1 aliphatic rings. The molecule has 2 rings (SSSR count). The van der Waals surface area contributed by atoms with E-state index in [9.17, 15) is 0 Å². The molecule has 0 aliphatic carbocycles. The van der Waals surface area contributed by atoms with Crippen molar-refractivity contribution in [3.63, 3.8) is 0 Å². The summed E-state index contributed by atoms with van der Waals surface area (Å²) in [5, 5.41) is 6.33. The maximum atomic E-state index is 5.39. The average molecular weight is 291 g/mol. The van der Waals surface area contributed by atoms with E-state index in [0.717, 1.165) is 18.1 Å². The van der Waals surface area contributed by atoms with Crippen LogP contribution in [0.2, 0.25) is 0 Å². The number of nitrogens with zero attached hydrogens (tertiary/aromatic N) is 1. The summed E-state index contributed by atoms with van der Waals surface area (Å²) in [5.74, 6) is 0. The van der Waals surface area contributed by atoms with Gasteiger partial charge >= 0.3 is 0 Å². The highest BCUT2D eigenvalue weighted by atomic mass is 32.1. The van der Waals surface area contributed by atoms with Crippen molar-refractivity contribution in [2.75, 3.05) is 6.54 Å². The second-order valence-electron chi connectivity index (χ2n) is 5.64. The smallest absolute Gasteiger partial charge is 0.181 e. The minimum absolute atomic E-state index is 0.549. The van der Waals surface area contributed by atoms with Crippen LogP contribution in [0.1, 0.15) is 38.7 Å². The maximum Gasteiger partial charge on any atom is 0.181 e. The van der Waals surface area contributed by atoms with Crippen molar-refractivity contribution in [3.8, 4) is 0 Å². The lowest BCUT2D eigenvalue weighted by atomic mass is 10.00. The molecule has 1 aliphatic heterocycles. The van der Waals surface area contributed by atoms with Crippen molar-refractivity contribution in [1.82, 2.24) is 15.8 Å². The zero-order valence-corrected chi connectivity index (χ0v) is 13.2. The fourth-order valence-electron chi connectivity index (χ4n) is 2.76. The maximum absolute atomic E-state index is 5.39. The van der Waals surface area contributed by atoms with Crippen LogP contribution in [0.4, 0.5) is 0 Å². The van der Waals surface area contributed by atoms with E-state index in [2.05, 4.69) is 53.9 Å². The van der Waals surface area contributed by atoms with Crippen molar-refractivity contribution in [3.05, 3.63) is 35.9 Å². The Morgan fingerprint density at radius 1 is 1.20 bits per heavy atom. The Kier molecular flexibility index (Phi) is 5.80. The largest absolute Gasteiger partial charge is 0.361 e. The molecule has 0 aromatic heterocycles. The van der Waals surface area contributed by atoms with Crippen LogP contribution in [0.15, 0.2) is 30.3 Å². The first-order valence-corrected chi connectivity index (χ1v) is 7.94. The number of hydrogen-bond acceptors (Lipinski definition) is 2. The van der Waals surface area contributed by atoms with Crippen molar-refractivity contribution in [1.29, 1.82) is 0 Å². The lowest BCUT2D eigenvalue weighted by Crippen LogP contribution is -2.56. The fraction of sp³-hybridized carbons (Fsp3) is 0.562. The van der Waals surface area contributed by atoms with Crippen molar-refractivity contribution < 1.29 is 0 Å². The zero-order chi connectivity index (χ0) is 14.4. The topological polar surface area (TPSA) is 27.3 Å². The molecule has 0 amide bonds. The summed E-state index contributed by atoms with van der Waals surface area (Å²) in [7, 11) is 0. The highest BCUT2D eigenvalue weighted by molar-refractivity contribution is 7.80. The molecule has 1 heterocycles. The first-order chi connectivity index (χ1) is 9.66. The Morgan fingerprint density at radius 2 is 1.85 bits per heavy atom. The molecule has 0 unspecified atom stereocenters. The van der Waals surface area contributed by atoms with Gasteiger partial charge in [0.25, 0.3) is 0 Å². The second kappa shape index (κ2) is 7.60. The first-order valence-electron chi connectivity index (χ1n) is 7.53. The predicted molar refractivity (Wildman–Crippen MR) is 88.5 cm³/mol. The molecule has 3 nitrogen and oxygen atoms in total. The molecule has 0 bridgehead atoms. The normalized spacial score (nSPS) is 23.3. The molecule has 20 heavy (non-hydrogen) atoms. The van der Waals surface area contributed by atoms with E-state index in [4.69, 9.17) is 12.2 Å². The van der Waals surface area contributed by atoms with Gasteiger partial charge in [-0.3, -0.25) is 5.43 Å². The van der Waals surface area contributed by atoms with Gasteiger partial charge in [-0.2, -0.15) is 0 Å². The van der Waals surface area contributed by atoms with Crippen LogP contribution in [-0.4, -0.2) is 28.7 Å². The van der Waals surface area contributed by atoms with Gasteiger partial charge in [-0.05, 0) is 50.9 Å². The zero-order valence-electron chi connectivity index (χ0n) is 12.4. The van der Waals surface area contributed by atoms with E-state index in [1.54, 1.807) is 0 Å². The average Bonchev–Trinajstić information content (AvgIpc) is 2.44. The van der Waals surface area contributed by atoms with Crippen LogP contribution in [0.5, 0.6) is 0 Å². The molecular weight excluding hydrogens is 266 g/mol. The van der Waals surface area contributed by atoms with Gasteiger partial charge < -0.3 is 5.32 Å². The molecule has 0 saturated carbocycles. The Labute approximate surface area is 127 Å². The van der Waals surface area contributed by atoms with Gasteiger partial charge in [-0.15, -0.1) is 0 Å². The van der Waals surface area contributed by atoms with Crippen LogP contribution in [0.25, 0.3) is 0 Å². The summed E-state index contributed by atoms with van der Waals surface area (Å²) < 4.78 is 0. The monoisotopic (exact) mass is 291 g/mol. The summed E-state index contributed by atoms with van der Waals surface area (Å²) in [5.41, 5.74) is 4.69. The lowest BCUT2D eigenvalue weighted by Gasteiger charge is -2.39. The predicted octanol–water partition coefficient (Wildman–Crippen LogP) is 2.87. The molecule has 2 N–H and O–H groups in total. The lowest BCUT2D eigenvalue weighted by molar-refractivity contribution is 0.0737. The number of piperidine rings is 1. The van der Waals surface area contributed by atoms with Gasteiger partial charge in [0.05, 0.1) is 0 Å². The van der Waals surface area contributed by atoms with Crippen LogP contribution < -0.4 is 10.7 Å². The summed E-state index contributed by atoms with van der Waals surface area (Å²) >= 11 is 5.39. The number of thiocarbonyl (C=S) groups is 1. The third-order valence-electron chi connectivity index (χ3n) is 3.97. The summed E-state index contributed by atoms with van der Waals surface area (Å²) in [6, 6.07) is 11.6. The van der Waals surface area contributed by atoms with Gasteiger partial charge in [-0.1, -0.05) is 36.8 Å². The van der Waals surface area contributed by atoms with Gasteiger partial charge in [0.2, 0.25) is 0 Å². The molecule has 1 aromatic rings. The van der Waals surface area contributed by atoms with Gasteiger partial charge in [-0.25, -0.2) is 5.01 Å². The molecule has 0 spiro atoms. The van der Waals surface area contributed by atoms with Gasteiger partial charge in [0, 0.05) is 18.6 Å². The van der Waals surface area contributed by atoms with E-state index in [1.165, 1.54) is 24.8 Å². The Bertz CT molecular complexity index is 411. The third kappa shape index (κ3) is 4.46. The van der Waals surface area contributed by atoms with E-state index in [-0.39, 0.29) is 0 Å². The fourth-order valence-corrected chi connectivity index (χ4v) is 2.97. The number of rotatable bonds is 4. The second-order valence-corrected chi connectivity index (χ2v) is 6.05. The Hall–Kier alpha value is -1.13. The van der Waals surface area contributed by atoms with E-state index in [0.29, 0.717) is 12.1 Å². The SMILES string of the molecule is C[C@@H]1CCC[C@@H](C)N1NC(=S)NCCc1ccccc1. The molecule has 110 valence electrons. The van der Waals surface area contributed by atoms with Crippen molar-refractivity contribution >= 4 is 17.3 Å². The molecule has 0 radical (unpaired) electrons. The molecule has 4 heteroatoms. The molecule has 2 atom stereocenters. The molecule has 1 fully saturated rings. The van der Waals surface area contributed by atoms with E-state index in [1.807, 2.05) is 6.07 Å². The van der Waals surface area contributed by atoms with Gasteiger partial charge in [0.1, 0.15) is 0 Å². The first kappa shape index (κ1) is 15.3.